The van der Waals surface area contributed by atoms with Crippen LogP contribution in [0.25, 0.3) is 17.0 Å². The number of fused-ring (bicyclic) bond motifs is 2. The van der Waals surface area contributed by atoms with Gasteiger partial charge in [-0.2, -0.15) is 0 Å². The molecule has 2 aromatic heterocycles. The average Bonchev–Trinajstić information content (AvgIpc) is 3.60. The summed E-state index contributed by atoms with van der Waals surface area (Å²) in [6, 6.07) is 17.5. The van der Waals surface area contributed by atoms with Gasteiger partial charge in [0.05, 0.1) is 42.2 Å². The Kier molecular flexibility index (Phi) is 10.5. The molecule has 1 atom stereocenters. The molecule has 3 heterocycles. The summed E-state index contributed by atoms with van der Waals surface area (Å²) in [6.07, 6.45) is 3.84. The fourth-order valence-electron chi connectivity index (χ4n) is 5.88. The highest BCUT2D eigenvalue weighted by Gasteiger charge is 2.34. The normalized spacial score (nSPS) is 14.4. The van der Waals surface area contributed by atoms with E-state index >= 15 is 0 Å². The summed E-state index contributed by atoms with van der Waals surface area (Å²) in [5, 5.41) is 2.07. The predicted molar refractivity (Wildman–Crippen MR) is 193 cm³/mol. The Morgan fingerprint density at radius 1 is 1.00 bits per heavy atom. The third kappa shape index (κ3) is 6.94. The van der Waals surface area contributed by atoms with Crippen LogP contribution in [0.1, 0.15) is 43.5 Å². The highest BCUT2D eigenvalue weighted by Crippen LogP contribution is 2.36. The molecule has 0 saturated carbocycles. The van der Waals surface area contributed by atoms with Crippen LogP contribution in [0, 0.1) is 0 Å². The van der Waals surface area contributed by atoms with Crippen molar-refractivity contribution in [3.63, 3.8) is 0 Å². The van der Waals surface area contributed by atoms with Gasteiger partial charge >= 0.3 is 11.9 Å². The highest BCUT2D eigenvalue weighted by atomic mass is 35.5. The van der Waals surface area contributed by atoms with E-state index in [2.05, 4.69) is 4.57 Å². The van der Waals surface area contributed by atoms with Crippen LogP contribution in [-0.4, -0.2) is 48.0 Å². The molecule has 5 aromatic rings. The average molecular weight is 735 g/mol. The smallest absolute Gasteiger partial charge is 0.343 e. The Hall–Kier alpha value is -4.84. The number of methoxy groups -OCH3 is 1. The molecule has 0 aliphatic carbocycles. The maximum atomic E-state index is 14.4. The second-order valence-corrected chi connectivity index (χ2v) is 13.1. The molecule has 0 amide bonds. The molecule has 1 aliphatic heterocycles. The first-order valence-electron chi connectivity index (χ1n) is 15.8. The Balaban J connectivity index is 1.49. The molecule has 0 bridgehead atoms. The van der Waals surface area contributed by atoms with Crippen LogP contribution in [0.4, 0.5) is 0 Å². The summed E-state index contributed by atoms with van der Waals surface area (Å²) in [5.74, 6) is -0.491. The number of aromatic nitrogens is 2. The zero-order chi connectivity index (χ0) is 35.5. The van der Waals surface area contributed by atoms with Gasteiger partial charge in [0.1, 0.15) is 0 Å². The summed E-state index contributed by atoms with van der Waals surface area (Å²) < 4.78 is 25.7. The van der Waals surface area contributed by atoms with Gasteiger partial charge in [-0.1, -0.05) is 64.9 Å². The predicted octanol–water partition coefficient (Wildman–Crippen LogP) is 6.06. The number of hydrogen-bond acceptors (Lipinski definition) is 9. The van der Waals surface area contributed by atoms with Crippen molar-refractivity contribution in [2.45, 2.75) is 33.4 Å². The standard InChI is InChI=1S/C37H33Cl2N3O7S/c1-5-47-30-15-22(12-14-29(30)49-20-32(43)46-4)34-33(36(45)48-6-2)21(3)40-37-42(34)35(44)31(50-37)16-24-19-41(28-10-8-7-9-26(24)28)18-23-11-13-25(38)17-27(23)39/h7-17,19,34H,5-6,18,20H2,1-4H3/b31-16+/t34-/m1/s1. The lowest BCUT2D eigenvalue weighted by molar-refractivity contribution is -0.143. The van der Waals surface area contributed by atoms with Crippen molar-refractivity contribution in [3.8, 4) is 11.5 Å². The molecule has 258 valence electrons. The van der Waals surface area contributed by atoms with Crippen LogP contribution < -0.4 is 24.4 Å². The number of benzene rings is 3. The fourth-order valence-corrected chi connectivity index (χ4v) is 7.39. The molecule has 0 radical (unpaired) electrons. The maximum Gasteiger partial charge on any atom is 0.343 e. The van der Waals surface area contributed by atoms with Gasteiger partial charge in [-0.15, -0.1) is 0 Å². The molecule has 0 N–H and O–H groups in total. The van der Waals surface area contributed by atoms with Crippen LogP contribution in [0.15, 0.2) is 87.9 Å². The molecule has 50 heavy (non-hydrogen) atoms. The van der Waals surface area contributed by atoms with Crippen LogP contribution >= 0.6 is 34.5 Å². The number of hydrogen-bond donors (Lipinski definition) is 0. The minimum absolute atomic E-state index is 0.141. The first kappa shape index (κ1) is 35.0. The number of allylic oxidation sites excluding steroid dienone is 1. The summed E-state index contributed by atoms with van der Waals surface area (Å²) in [4.78, 5) is 44.8. The number of halogens is 2. The zero-order valence-corrected chi connectivity index (χ0v) is 30.0. The van der Waals surface area contributed by atoms with E-state index in [4.69, 9.17) is 47.1 Å². The number of carbonyl (C=O) groups excluding carboxylic acids is 2. The van der Waals surface area contributed by atoms with Crippen LogP contribution in [0.5, 0.6) is 11.5 Å². The van der Waals surface area contributed by atoms with Crippen molar-refractivity contribution in [1.82, 2.24) is 9.13 Å². The number of ether oxygens (including phenoxy) is 4. The van der Waals surface area contributed by atoms with Gasteiger partial charge < -0.3 is 23.5 Å². The third-order valence-corrected chi connectivity index (χ3v) is 9.71. The molecule has 13 heteroatoms. The van der Waals surface area contributed by atoms with E-state index in [0.717, 1.165) is 22.0 Å². The molecule has 0 fully saturated rings. The second-order valence-electron chi connectivity index (χ2n) is 11.3. The molecule has 0 unspecified atom stereocenters. The Bertz CT molecular complexity index is 2340. The minimum Gasteiger partial charge on any atom is -0.490 e. The molecule has 3 aromatic carbocycles. The van der Waals surface area contributed by atoms with Crippen LogP contribution in [0.3, 0.4) is 0 Å². The van der Waals surface area contributed by atoms with Crippen molar-refractivity contribution in [2.75, 3.05) is 26.9 Å². The first-order chi connectivity index (χ1) is 24.1. The van der Waals surface area contributed by atoms with Gasteiger partial charge in [0.15, 0.2) is 22.9 Å². The number of nitrogens with zero attached hydrogens (tertiary/aromatic N) is 3. The lowest BCUT2D eigenvalue weighted by atomic mass is 9.95. The second kappa shape index (κ2) is 15.0. The number of thiazole rings is 1. The molecular formula is C37H33Cl2N3O7S. The first-order valence-corrected chi connectivity index (χ1v) is 17.4. The molecule has 0 spiro atoms. The molecular weight excluding hydrogens is 701 g/mol. The summed E-state index contributed by atoms with van der Waals surface area (Å²) in [6.45, 7) is 5.88. The largest absolute Gasteiger partial charge is 0.490 e. The van der Waals surface area contributed by atoms with Gasteiger partial charge in [-0.05, 0) is 68.3 Å². The van der Waals surface area contributed by atoms with Gasteiger partial charge in [-0.25, -0.2) is 14.6 Å². The summed E-state index contributed by atoms with van der Waals surface area (Å²) in [5.41, 5.74) is 3.61. The van der Waals surface area contributed by atoms with E-state index in [1.165, 1.54) is 23.0 Å². The summed E-state index contributed by atoms with van der Waals surface area (Å²) in [7, 11) is 1.27. The fraction of sp³-hybridized carbons (Fsp3) is 0.243. The Morgan fingerprint density at radius 2 is 1.80 bits per heavy atom. The van der Waals surface area contributed by atoms with Crippen molar-refractivity contribution in [2.24, 2.45) is 4.99 Å². The van der Waals surface area contributed by atoms with Crippen molar-refractivity contribution < 1.29 is 28.5 Å². The number of para-hydroxylation sites is 1. The molecule has 1 aliphatic rings. The van der Waals surface area contributed by atoms with Crippen molar-refractivity contribution in [1.29, 1.82) is 0 Å². The topological polar surface area (TPSA) is 110 Å². The SMILES string of the molecule is CCOC(=O)C1=C(C)N=c2s/c(=C/c3cn(Cc4ccc(Cl)cc4Cl)c4ccccc34)c(=O)n2[C@@H]1c1ccc(OCC(=O)OC)c(OCC)c1. The zero-order valence-electron chi connectivity index (χ0n) is 27.7. The van der Waals surface area contributed by atoms with Crippen molar-refractivity contribution in [3.05, 3.63) is 125 Å². The summed E-state index contributed by atoms with van der Waals surface area (Å²) >= 11 is 13.9. The lowest BCUT2D eigenvalue weighted by Gasteiger charge is -2.25. The number of esters is 2. The number of rotatable bonds is 11. The monoisotopic (exact) mass is 733 g/mol. The van der Waals surface area contributed by atoms with E-state index in [9.17, 15) is 14.4 Å². The molecule has 10 nitrogen and oxygen atoms in total. The van der Waals surface area contributed by atoms with Crippen LogP contribution in [-0.2, 0) is 25.6 Å². The van der Waals surface area contributed by atoms with Crippen molar-refractivity contribution >= 4 is 63.5 Å². The Labute approximate surface area is 301 Å². The quantitative estimate of drug-likeness (QED) is 0.152. The highest BCUT2D eigenvalue weighted by molar-refractivity contribution is 7.07. The van der Waals surface area contributed by atoms with E-state index in [1.54, 1.807) is 44.2 Å². The molecule has 0 saturated heterocycles. The Morgan fingerprint density at radius 3 is 2.54 bits per heavy atom. The van der Waals surface area contributed by atoms with Gasteiger partial charge in [0, 0.05) is 39.3 Å². The van der Waals surface area contributed by atoms with Crippen LogP contribution in [0.2, 0.25) is 10.0 Å². The lowest BCUT2D eigenvalue weighted by Crippen LogP contribution is -2.40. The number of carbonyl (C=O) groups is 2. The maximum absolute atomic E-state index is 14.4. The van der Waals surface area contributed by atoms with E-state index < -0.39 is 18.0 Å². The van der Waals surface area contributed by atoms with E-state index in [-0.39, 0.29) is 24.3 Å². The van der Waals surface area contributed by atoms with Gasteiger partial charge in [0.2, 0.25) is 0 Å². The van der Waals surface area contributed by atoms with E-state index in [1.807, 2.05) is 49.5 Å². The minimum atomic E-state index is -0.880. The third-order valence-electron chi connectivity index (χ3n) is 8.14. The van der Waals surface area contributed by atoms with E-state index in [0.29, 0.717) is 55.3 Å². The molecule has 6 rings (SSSR count). The van der Waals surface area contributed by atoms with Gasteiger partial charge in [-0.3, -0.25) is 9.36 Å². The van der Waals surface area contributed by atoms with Gasteiger partial charge in [0.25, 0.3) is 5.56 Å².